The molecule has 9 heteroatoms. The molecule has 2 aromatic carbocycles. The van der Waals surface area contributed by atoms with Gasteiger partial charge in [0.25, 0.3) is 0 Å². The Morgan fingerprint density at radius 3 is 2.47 bits per heavy atom. The third kappa shape index (κ3) is 6.33. The van der Waals surface area contributed by atoms with E-state index >= 15 is 0 Å². The number of nitrogens with zero attached hydrogens (tertiary/aromatic N) is 1. The molecule has 1 aliphatic rings. The topological polar surface area (TPSA) is 119 Å². The highest BCUT2D eigenvalue weighted by Crippen LogP contribution is 2.36. The first-order valence-corrected chi connectivity index (χ1v) is 13.9. The smallest absolute Gasteiger partial charge is 0.307 e. The Morgan fingerprint density at radius 2 is 1.79 bits per heavy atom. The number of benzene rings is 2. The van der Waals surface area contributed by atoms with E-state index < -0.39 is 23.1 Å². The summed E-state index contributed by atoms with van der Waals surface area (Å²) < 4.78 is 0. The third-order valence-electron chi connectivity index (χ3n) is 6.37. The van der Waals surface area contributed by atoms with E-state index in [0.29, 0.717) is 29.1 Å². The Labute approximate surface area is 229 Å². The zero-order chi connectivity index (χ0) is 27.2. The highest BCUT2D eigenvalue weighted by atomic mass is 32.2. The van der Waals surface area contributed by atoms with Gasteiger partial charge in [0.15, 0.2) is 0 Å². The fraction of sp³-hybridized carbons (Fsp3) is 0.241. The predicted molar refractivity (Wildman–Crippen MR) is 151 cm³/mol. The number of aliphatic carboxylic acids is 1. The van der Waals surface area contributed by atoms with Gasteiger partial charge in [0.05, 0.1) is 22.6 Å². The lowest BCUT2D eigenvalue weighted by molar-refractivity contribution is -0.146. The summed E-state index contributed by atoms with van der Waals surface area (Å²) in [6, 6.07) is 17.2. The molecular formula is C29H27N3O4S2. The number of carboxylic acids is 1. The van der Waals surface area contributed by atoms with Crippen LogP contribution in [0.15, 0.2) is 71.0 Å². The Hall–Kier alpha value is -3.87. The molecule has 0 saturated carbocycles. The fourth-order valence-corrected chi connectivity index (χ4v) is 6.09. The first-order valence-electron chi connectivity index (χ1n) is 12.1. The maximum Gasteiger partial charge on any atom is 0.307 e. The second kappa shape index (κ2) is 12.1. The quantitative estimate of drug-likeness (QED) is 0.225. The highest BCUT2D eigenvalue weighted by Gasteiger charge is 2.34. The summed E-state index contributed by atoms with van der Waals surface area (Å²) in [6.45, 7) is 3.78. The van der Waals surface area contributed by atoms with E-state index in [-0.39, 0.29) is 11.8 Å². The molecule has 0 spiro atoms. The summed E-state index contributed by atoms with van der Waals surface area (Å²) >= 11 is 2.64. The SMILES string of the molecule is Cc1ccc(-c2csc(NC(=O)C(C)Sc3cccc(NC(=O)C4CC=CCC4C(=O)O)c3)c2C#N)cc1. The molecule has 2 amide bonds. The summed E-state index contributed by atoms with van der Waals surface area (Å²) in [7, 11) is 0. The lowest BCUT2D eigenvalue weighted by Crippen LogP contribution is -2.34. The molecule has 0 saturated heterocycles. The zero-order valence-electron chi connectivity index (χ0n) is 20.9. The summed E-state index contributed by atoms with van der Waals surface area (Å²) in [5.74, 6) is -2.93. The molecule has 0 fully saturated rings. The predicted octanol–water partition coefficient (Wildman–Crippen LogP) is 6.32. The number of thiophene rings is 1. The van der Waals surface area contributed by atoms with Gasteiger partial charge in [0.2, 0.25) is 11.8 Å². The van der Waals surface area contributed by atoms with E-state index in [0.717, 1.165) is 21.6 Å². The Bertz CT molecular complexity index is 1420. The molecule has 1 aromatic heterocycles. The van der Waals surface area contributed by atoms with E-state index in [1.54, 1.807) is 31.2 Å². The molecule has 3 N–H and O–H groups in total. The third-order valence-corrected chi connectivity index (χ3v) is 8.36. The van der Waals surface area contributed by atoms with E-state index in [1.807, 2.05) is 48.7 Å². The number of aryl methyl sites for hydroxylation is 1. The van der Waals surface area contributed by atoms with Crippen LogP contribution in [0.3, 0.4) is 0 Å². The van der Waals surface area contributed by atoms with Gasteiger partial charge < -0.3 is 15.7 Å². The molecule has 0 aliphatic heterocycles. The molecule has 1 heterocycles. The second-order valence-corrected chi connectivity index (χ2v) is 11.4. The van der Waals surface area contributed by atoms with Crippen molar-refractivity contribution >= 4 is 51.6 Å². The number of carbonyl (C=O) groups is 3. The number of thioether (sulfide) groups is 1. The average molecular weight is 546 g/mol. The summed E-state index contributed by atoms with van der Waals surface area (Å²) in [4.78, 5) is 38.1. The summed E-state index contributed by atoms with van der Waals surface area (Å²) in [5.41, 5.74) is 3.81. The molecule has 3 aromatic rings. The van der Waals surface area contributed by atoms with Crippen LogP contribution in [0.4, 0.5) is 10.7 Å². The van der Waals surface area contributed by atoms with Gasteiger partial charge in [-0.2, -0.15) is 5.26 Å². The molecule has 4 rings (SSSR count). The van der Waals surface area contributed by atoms with Gasteiger partial charge in [-0.3, -0.25) is 14.4 Å². The van der Waals surface area contributed by atoms with Crippen LogP contribution in [-0.2, 0) is 14.4 Å². The number of allylic oxidation sites excluding steroid dienone is 2. The van der Waals surface area contributed by atoms with E-state index in [2.05, 4.69) is 16.7 Å². The van der Waals surface area contributed by atoms with Crippen molar-refractivity contribution in [3.8, 4) is 17.2 Å². The molecule has 1 aliphatic carbocycles. The molecule has 38 heavy (non-hydrogen) atoms. The van der Waals surface area contributed by atoms with Gasteiger partial charge in [0, 0.05) is 21.5 Å². The van der Waals surface area contributed by atoms with Crippen molar-refractivity contribution in [1.82, 2.24) is 0 Å². The minimum Gasteiger partial charge on any atom is -0.481 e. The number of nitriles is 1. The molecule has 0 bridgehead atoms. The van der Waals surface area contributed by atoms with Crippen LogP contribution < -0.4 is 10.6 Å². The van der Waals surface area contributed by atoms with Crippen molar-refractivity contribution in [1.29, 1.82) is 5.26 Å². The normalized spacial score (nSPS) is 17.3. The van der Waals surface area contributed by atoms with Crippen molar-refractivity contribution in [2.45, 2.75) is 36.8 Å². The molecule has 0 radical (unpaired) electrons. The molecule has 3 unspecified atom stereocenters. The van der Waals surface area contributed by atoms with Crippen molar-refractivity contribution in [2.24, 2.45) is 11.8 Å². The van der Waals surface area contributed by atoms with E-state index in [4.69, 9.17) is 0 Å². The largest absolute Gasteiger partial charge is 0.481 e. The first kappa shape index (κ1) is 27.2. The second-order valence-electron chi connectivity index (χ2n) is 9.09. The van der Waals surface area contributed by atoms with Crippen molar-refractivity contribution < 1.29 is 19.5 Å². The van der Waals surface area contributed by atoms with Crippen LogP contribution >= 0.6 is 23.1 Å². The minimum atomic E-state index is -0.977. The molecule has 194 valence electrons. The number of amides is 2. The number of hydrogen-bond acceptors (Lipinski definition) is 6. The van der Waals surface area contributed by atoms with Crippen LogP contribution in [0.2, 0.25) is 0 Å². The van der Waals surface area contributed by atoms with E-state index in [1.165, 1.54) is 23.1 Å². The van der Waals surface area contributed by atoms with Gasteiger partial charge in [-0.15, -0.1) is 23.1 Å². The van der Waals surface area contributed by atoms with Gasteiger partial charge in [0.1, 0.15) is 11.1 Å². The Kier molecular flexibility index (Phi) is 8.66. The first-order chi connectivity index (χ1) is 18.3. The number of rotatable bonds is 8. The molecular weight excluding hydrogens is 518 g/mol. The fourth-order valence-electron chi connectivity index (χ4n) is 4.24. The van der Waals surface area contributed by atoms with Crippen molar-refractivity contribution in [2.75, 3.05) is 10.6 Å². The monoisotopic (exact) mass is 545 g/mol. The number of hydrogen-bond donors (Lipinski definition) is 3. The van der Waals surface area contributed by atoms with Gasteiger partial charge in [-0.25, -0.2) is 0 Å². The number of nitrogens with one attached hydrogen (secondary N) is 2. The lowest BCUT2D eigenvalue weighted by atomic mass is 9.82. The van der Waals surface area contributed by atoms with Crippen molar-refractivity contribution in [3.63, 3.8) is 0 Å². The van der Waals surface area contributed by atoms with Crippen LogP contribution in [-0.4, -0.2) is 28.1 Å². The van der Waals surface area contributed by atoms with Crippen LogP contribution in [0.25, 0.3) is 11.1 Å². The highest BCUT2D eigenvalue weighted by molar-refractivity contribution is 8.00. The Balaban J connectivity index is 1.40. The van der Waals surface area contributed by atoms with Gasteiger partial charge in [-0.05, 0) is 50.5 Å². The zero-order valence-corrected chi connectivity index (χ0v) is 22.6. The number of carboxylic acid groups (broad SMARTS) is 1. The van der Waals surface area contributed by atoms with Crippen molar-refractivity contribution in [3.05, 3.63) is 77.2 Å². The van der Waals surface area contributed by atoms with Crippen LogP contribution in [0, 0.1) is 30.1 Å². The summed E-state index contributed by atoms with van der Waals surface area (Å²) in [6.07, 6.45) is 4.35. The minimum absolute atomic E-state index is 0.239. The van der Waals surface area contributed by atoms with E-state index in [9.17, 15) is 24.8 Å². The Morgan fingerprint density at radius 1 is 1.08 bits per heavy atom. The van der Waals surface area contributed by atoms with Crippen LogP contribution in [0.1, 0.15) is 30.9 Å². The van der Waals surface area contributed by atoms with Gasteiger partial charge >= 0.3 is 5.97 Å². The number of carbonyl (C=O) groups excluding carboxylic acids is 2. The average Bonchev–Trinajstić information content (AvgIpc) is 3.31. The maximum atomic E-state index is 13.0. The van der Waals surface area contributed by atoms with Crippen LogP contribution in [0.5, 0.6) is 0 Å². The standard InChI is InChI=1S/C29H27N3O4S2/c1-17-10-12-19(13-11-17)25-16-37-28(24(25)15-30)32-26(33)18(2)38-21-7-5-6-20(14-21)31-27(34)22-8-3-4-9-23(22)29(35)36/h3-7,10-14,16,18,22-23H,8-9H2,1-2H3,(H,31,34)(H,32,33)(H,35,36). The molecule has 7 nitrogen and oxygen atoms in total. The summed E-state index contributed by atoms with van der Waals surface area (Å²) in [5, 5.41) is 26.9. The lowest BCUT2D eigenvalue weighted by Gasteiger charge is -2.24. The van der Waals surface area contributed by atoms with Gasteiger partial charge in [-0.1, -0.05) is 48.0 Å². The maximum absolute atomic E-state index is 13.0. The number of anilines is 2. The molecule has 3 atom stereocenters.